The third-order valence-electron chi connectivity index (χ3n) is 2.46. The first kappa shape index (κ1) is 8.44. The van der Waals surface area contributed by atoms with Crippen LogP contribution in [0.25, 0.3) is 0 Å². The summed E-state index contributed by atoms with van der Waals surface area (Å²) >= 11 is 0. The highest BCUT2D eigenvalue weighted by Crippen LogP contribution is 2.19. The van der Waals surface area contributed by atoms with Gasteiger partial charge in [-0.25, -0.2) is 0 Å². The van der Waals surface area contributed by atoms with E-state index in [2.05, 4.69) is 5.32 Å². The first-order chi connectivity index (χ1) is 5.90. The quantitative estimate of drug-likeness (QED) is 0.586. The first-order valence-corrected chi connectivity index (χ1v) is 4.60. The Morgan fingerprint density at radius 2 is 2.42 bits per heavy atom. The minimum Gasteiger partial charge on any atom is -0.348 e. The summed E-state index contributed by atoms with van der Waals surface area (Å²) in [7, 11) is 0. The van der Waals surface area contributed by atoms with Crippen LogP contribution in [-0.4, -0.2) is 38.1 Å². The van der Waals surface area contributed by atoms with Crippen LogP contribution in [0.2, 0.25) is 0 Å². The fourth-order valence-corrected chi connectivity index (χ4v) is 1.75. The molecule has 0 radical (unpaired) electrons. The number of nitrogens with two attached hydrogens (primary N) is 1. The molecular formula is C8H16N2O2. The normalized spacial score (nSPS) is 42.2. The molecule has 4 nitrogen and oxygen atoms in total. The van der Waals surface area contributed by atoms with Crippen LogP contribution in [0, 0.1) is 0 Å². The van der Waals surface area contributed by atoms with Gasteiger partial charge < -0.3 is 20.5 Å². The second-order valence-electron chi connectivity index (χ2n) is 3.40. The summed E-state index contributed by atoms with van der Waals surface area (Å²) in [5, 5.41) is 3.35. The van der Waals surface area contributed by atoms with Crippen molar-refractivity contribution in [1.82, 2.24) is 5.32 Å². The number of hydrogen-bond acceptors (Lipinski definition) is 4. The molecule has 0 bridgehead atoms. The Kier molecular flexibility index (Phi) is 2.60. The SMILES string of the molecule is NCC1COC(C2CCCN2)O1. The highest BCUT2D eigenvalue weighted by molar-refractivity contribution is 4.81. The van der Waals surface area contributed by atoms with Gasteiger partial charge in [0.2, 0.25) is 0 Å². The molecule has 0 aliphatic carbocycles. The third-order valence-corrected chi connectivity index (χ3v) is 2.46. The molecule has 2 aliphatic rings. The smallest absolute Gasteiger partial charge is 0.173 e. The van der Waals surface area contributed by atoms with E-state index in [1.165, 1.54) is 6.42 Å². The Hall–Kier alpha value is -0.160. The van der Waals surface area contributed by atoms with E-state index in [1.807, 2.05) is 0 Å². The van der Waals surface area contributed by atoms with Crippen LogP contribution in [0.15, 0.2) is 0 Å². The minimum atomic E-state index is -0.0546. The van der Waals surface area contributed by atoms with Crippen molar-refractivity contribution in [3.8, 4) is 0 Å². The van der Waals surface area contributed by atoms with Crippen molar-refractivity contribution in [2.24, 2.45) is 5.73 Å². The van der Waals surface area contributed by atoms with Crippen LogP contribution in [0.5, 0.6) is 0 Å². The summed E-state index contributed by atoms with van der Waals surface area (Å²) < 4.78 is 11.1. The summed E-state index contributed by atoms with van der Waals surface area (Å²) in [5.41, 5.74) is 5.47. The van der Waals surface area contributed by atoms with Gasteiger partial charge in [-0.2, -0.15) is 0 Å². The Labute approximate surface area is 72.4 Å². The van der Waals surface area contributed by atoms with E-state index >= 15 is 0 Å². The maximum Gasteiger partial charge on any atom is 0.173 e. The molecule has 3 atom stereocenters. The molecule has 2 rings (SSSR count). The van der Waals surface area contributed by atoms with Gasteiger partial charge in [0.25, 0.3) is 0 Å². The molecule has 0 aromatic carbocycles. The Balaban J connectivity index is 1.81. The summed E-state index contributed by atoms with van der Waals surface area (Å²) in [6, 6.07) is 0.390. The van der Waals surface area contributed by atoms with Gasteiger partial charge in [0.05, 0.1) is 18.8 Å². The summed E-state index contributed by atoms with van der Waals surface area (Å²) in [6.45, 7) is 2.30. The summed E-state index contributed by atoms with van der Waals surface area (Å²) in [4.78, 5) is 0. The van der Waals surface area contributed by atoms with Gasteiger partial charge in [-0.1, -0.05) is 0 Å². The van der Waals surface area contributed by atoms with E-state index < -0.39 is 0 Å². The van der Waals surface area contributed by atoms with E-state index in [0.29, 0.717) is 19.2 Å². The predicted octanol–water partition coefficient (Wildman–Crippen LogP) is -0.561. The number of hydrogen-bond donors (Lipinski definition) is 2. The van der Waals surface area contributed by atoms with Crippen molar-refractivity contribution in [2.75, 3.05) is 19.7 Å². The monoisotopic (exact) mass is 172 g/mol. The Morgan fingerprint density at radius 1 is 1.50 bits per heavy atom. The van der Waals surface area contributed by atoms with Crippen molar-refractivity contribution >= 4 is 0 Å². The van der Waals surface area contributed by atoms with Gasteiger partial charge in [-0.3, -0.25) is 0 Å². The van der Waals surface area contributed by atoms with Gasteiger partial charge in [0, 0.05) is 6.54 Å². The van der Waals surface area contributed by atoms with Crippen LogP contribution >= 0.6 is 0 Å². The fraction of sp³-hybridized carbons (Fsp3) is 1.00. The number of rotatable bonds is 2. The Morgan fingerprint density at radius 3 is 3.00 bits per heavy atom. The van der Waals surface area contributed by atoms with Crippen LogP contribution in [-0.2, 0) is 9.47 Å². The predicted molar refractivity (Wildman–Crippen MR) is 44.7 cm³/mol. The van der Waals surface area contributed by atoms with Gasteiger partial charge in [0.15, 0.2) is 6.29 Å². The number of ether oxygens (including phenoxy) is 2. The summed E-state index contributed by atoms with van der Waals surface area (Å²) in [5.74, 6) is 0. The van der Waals surface area contributed by atoms with Crippen LogP contribution in [0.1, 0.15) is 12.8 Å². The lowest BCUT2D eigenvalue weighted by Gasteiger charge is -2.17. The van der Waals surface area contributed by atoms with Gasteiger partial charge >= 0.3 is 0 Å². The highest BCUT2D eigenvalue weighted by atomic mass is 16.7. The van der Waals surface area contributed by atoms with E-state index in [1.54, 1.807) is 0 Å². The van der Waals surface area contributed by atoms with Crippen molar-refractivity contribution in [3.05, 3.63) is 0 Å². The number of nitrogens with one attached hydrogen (secondary N) is 1. The van der Waals surface area contributed by atoms with Gasteiger partial charge in [-0.05, 0) is 19.4 Å². The molecule has 2 heterocycles. The molecule has 3 N–H and O–H groups in total. The second-order valence-corrected chi connectivity index (χ2v) is 3.40. The topological polar surface area (TPSA) is 56.5 Å². The zero-order valence-corrected chi connectivity index (χ0v) is 7.16. The molecular weight excluding hydrogens is 156 g/mol. The Bertz CT molecular complexity index is 148. The molecule has 12 heavy (non-hydrogen) atoms. The zero-order chi connectivity index (χ0) is 8.39. The lowest BCUT2D eigenvalue weighted by molar-refractivity contribution is -0.0758. The fourth-order valence-electron chi connectivity index (χ4n) is 1.75. The van der Waals surface area contributed by atoms with Crippen LogP contribution in [0.3, 0.4) is 0 Å². The van der Waals surface area contributed by atoms with E-state index in [9.17, 15) is 0 Å². The molecule has 4 heteroatoms. The molecule has 3 unspecified atom stereocenters. The molecule has 2 aliphatic heterocycles. The lowest BCUT2D eigenvalue weighted by atomic mass is 10.2. The molecule has 0 amide bonds. The maximum atomic E-state index is 5.58. The second kappa shape index (κ2) is 3.70. The van der Waals surface area contributed by atoms with Crippen molar-refractivity contribution in [2.45, 2.75) is 31.3 Å². The molecule has 0 spiro atoms. The van der Waals surface area contributed by atoms with Crippen molar-refractivity contribution in [1.29, 1.82) is 0 Å². The molecule has 2 saturated heterocycles. The highest BCUT2D eigenvalue weighted by Gasteiger charge is 2.33. The van der Waals surface area contributed by atoms with E-state index in [-0.39, 0.29) is 12.4 Å². The minimum absolute atomic E-state index is 0.0546. The van der Waals surface area contributed by atoms with E-state index in [0.717, 1.165) is 13.0 Å². The van der Waals surface area contributed by atoms with E-state index in [4.69, 9.17) is 15.2 Å². The third kappa shape index (κ3) is 1.61. The van der Waals surface area contributed by atoms with Gasteiger partial charge in [0.1, 0.15) is 0 Å². The largest absolute Gasteiger partial charge is 0.348 e. The first-order valence-electron chi connectivity index (χ1n) is 4.60. The lowest BCUT2D eigenvalue weighted by Crippen LogP contribution is -2.36. The van der Waals surface area contributed by atoms with Crippen molar-refractivity contribution < 1.29 is 9.47 Å². The average molecular weight is 172 g/mol. The molecule has 2 fully saturated rings. The van der Waals surface area contributed by atoms with Crippen LogP contribution in [0.4, 0.5) is 0 Å². The molecule has 70 valence electrons. The zero-order valence-electron chi connectivity index (χ0n) is 7.16. The standard InChI is InChI=1S/C8H16N2O2/c9-4-6-5-11-8(12-6)7-2-1-3-10-7/h6-8,10H,1-5,9H2. The molecule has 0 aromatic rings. The van der Waals surface area contributed by atoms with Gasteiger partial charge in [-0.15, -0.1) is 0 Å². The van der Waals surface area contributed by atoms with Crippen molar-refractivity contribution in [3.63, 3.8) is 0 Å². The summed E-state index contributed by atoms with van der Waals surface area (Å²) in [6.07, 6.45) is 2.43. The van der Waals surface area contributed by atoms with Crippen LogP contribution < -0.4 is 11.1 Å². The molecule has 0 saturated carbocycles. The maximum absolute atomic E-state index is 5.58. The average Bonchev–Trinajstić information content (AvgIpc) is 2.75. The molecule has 0 aromatic heterocycles.